The minimum atomic E-state index is -0.163. The number of thiophene rings is 1. The average Bonchev–Trinajstić information content (AvgIpc) is 2.93. The van der Waals surface area contributed by atoms with Crippen LogP contribution in [0.15, 0.2) is 41.1 Å². The van der Waals surface area contributed by atoms with Crippen LogP contribution in [0.25, 0.3) is 0 Å². The van der Waals surface area contributed by atoms with E-state index in [0.717, 1.165) is 25.9 Å². The van der Waals surface area contributed by atoms with Crippen molar-refractivity contribution in [2.75, 3.05) is 13.1 Å². The Hall–Kier alpha value is -1.19. The van der Waals surface area contributed by atoms with Crippen LogP contribution in [0.3, 0.4) is 0 Å². The third-order valence-corrected chi connectivity index (χ3v) is 4.08. The van der Waals surface area contributed by atoms with Crippen LogP contribution in [0.2, 0.25) is 0 Å². The third-order valence-electron chi connectivity index (χ3n) is 3.34. The molecule has 19 heavy (non-hydrogen) atoms. The van der Waals surface area contributed by atoms with Crippen LogP contribution in [0.4, 0.5) is 4.39 Å². The smallest absolute Gasteiger partial charge is 0.123 e. The van der Waals surface area contributed by atoms with Gasteiger partial charge in [-0.2, -0.15) is 11.3 Å². The minimum absolute atomic E-state index is 0.163. The predicted molar refractivity (Wildman–Crippen MR) is 80.3 cm³/mol. The van der Waals surface area contributed by atoms with E-state index in [0.29, 0.717) is 5.92 Å². The Labute approximate surface area is 118 Å². The van der Waals surface area contributed by atoms with Gasteiger partial charge in [0.25, 0.3) is 0 Å². The summed E-state index contributed by atoms with van der Waals surface area (Å²) >= 11 is 1.74. The molecule has 1 nitrogen and oxygen atoms in total. The first-order valence-electron chi connectivity index (χ1n) is 6.77. The second kappa shape index (κ2) is 7.41. The molecule has 1 N–H and O–H groups in total. The highest BCUT2D eigenvalue weighted by molar-refractivity contribution is 7.07. The van der Waals surface area contributed by atoms with Crippen molar-refractivity contribution in [3.8, 4) is 0 Å². The van der Waals surface area contributed by atoms with Crippen LogP contribution in [0.5, 0.6) is 0 Å². The van der Waals surface area contributed by atoms with Crippen molar-refractivity contribution in [3.05, 3.63) is 58.0 Å². The third kappa shape index (κ3) is 4.44. The van der Waals surface area contributed by atoms with Crippen molar-refractivity contribution in [3.63, 3.8) is 0 Å². The highest BCUT2D eigenvalue weighted by Gasteiger charge is 2.11. The van der Waals surface area contributed by atoms with Crippen LogP contribution in [0, 0.1) is 5.82 Å². The number of hydrogen-bond acceptors (Lipinski definition) is 2. The van der Waals surface area contributed by atoms with Crippen molar-refractivity contribution >= 4 is 11.3 Å². The Morgan fingerprint density at radius 3 is 2.63 bits per heavy atom. The normalized spacial score (nSPS) is 12.5. The van der Waals surface area contributed by atoms with E-state index in [1.807, 2.05) is 12.1 Å². The summed E-state index contributed by atoms with van der Waals surface area (Å²) in [5, 5.41) is 7.72. The quantitative estimate of drug-likeness (QED) is 0.799. The van der Waals surface area contributed by atoms with E-state index >= 15 is 0 Å². The molecule has 1 unspecified atom stereocenters. The highest BCUT2D eigenvalue weighted by Crippen LogP contribution is 2.22. The maximum Gasteiger partial charge on any atom is 0.123 e. The molecule has 2 rings (SSSR count). The molecule has 3 heteroatoms. The Bertz CT molecular complexity index is 464. The lowest BCUT2D eigenvalue weighted by atomic mass is 9.93. The van der Waals surface area contributed by atoms with Crippen LogP contribution in [0.1, 0.15) is 30.4 Å². The van der Waals surface area contributed by atoms with E-state index in [9.17, 15) is 4.39 Å². The van der Waals surface area contributed by atoms with Crippen molar-refractivity contribution in [2.45, 2.75) is 25.7 Å². The number of halogens is 1. The first-order valence-corrected chi connectivity index (χ1v) is 7.71. The van der Waals surface area contributed by atoms with E-state index in [4.69, 9.17) is 0 Å². The van der Waals surface area contributed by atoms with Gasteiger partial charge in [0.05, 0.1) is 0 Å². The molecule has 0 fully saturated rings. The van der Waals surface area contributed by atoms with Crippen LogP contribution in [-0.4, -0.2) is 13.1 Å². The van der Waals surface area contributed by atoms with Gasteiger partial charge in [0.15, 0.2) is 0 Å². The second-order valence-electron chi connectivity index (χ2n) is 4.73. The molecule has 0 spiro atoms. The van der Waals surface area contributed by atoms with E-state index in [-0.39, 0.29) is 5.82 Å². The molecule has 1 aromatic carbocycles. The lowest BCUT2D eigenvalue weighted by molar-refractivity contribution is 0.559. The first kappa shape index (κ1) is 14.2. The molecule has 2 aromatic rings. The molecule has 0 aliphatic carbocycles. The van der Waals surface area contributed by atoms with Gasteiger partial charge in [0, 0.05) is 6.54 Å². The van der Waals surface area contributed by atoms with Gasteiger partial charge in [-0.15, -0.1) is 0 Å². The summed E-state index contributed by atoms with van der Waals surface area (Å²) in [6, 6.07) is 9.10. The maximum atomic E-state index is 13.0. The number of nitrogens with one attached hydrogen (secondary N) is 1. The summed E-state index contributed by atoms with van der Waals surface area (Å²) in [5.74, 6) is 0.282. The lowest BCUT2D eigenvalue weighted by Crippen LogP contribution is -2.21. The average molecular weight is 277 g/mol. The van der Waals surface area contributed by atoms with Gasteiger partial charge < -0.3 is 5.32 Å². The lowest BCUT2D eigenvalue weighted by Gasteiger charge is -2.17. The van der Waals surface area contributed by atoms with E-state index in [1.165, 1.54) is 11.1 Å². The maximum absolute atomic E-state index is 13.0. The zero-order chi connectivity index (χ0) is 13.5. The highest BCUT2D eigenvalue weighted by atomic mass is 32.1. The predicted octanol–water partition coefficient (Wildman–Crippen LogP) is 4.21. The number of rotatable bonds is 7. The molecule has 0 saturated carbocycles. The molecule has 0 radical (unpaired) electrons. The number of benzene rings is 1. The number of likely N-dealkylation sites (N-methyl/N-ethyl adjacent to an activating group) is 1. The fraction of sp³-hybridized carbons (Fsp3) is 0.375. The van der Waals surface area contributed by atoms with E-state index in [1.54, 1.807) is 23.5 Å². The molecule has 0 aliphatic heterocycles. The van der Waals surface area contributed by atoms with Gasteiger partial charge in [0.2, 0.25) is 0 Å². The molecule has 1 heterocycles. The van der Waals surface area contributed by atoms with Crippen LogP contribution < -0.4 is 5.32 Å². The van der Waals surface area contributed by atoms with Gasteiger partial charge in [-0.05, 0) is 65.4 Å². The molecule has 1 atom stereocenters. The molecule has 0 bridgehead atoms. The number of aryl methyl sites for hydroxylation is 1. The molecule has 0 aliphatic rings. The minimum Gasteiger partial charge on any atom is -0.316 e. The summed E-state index contributed by atoms with van der Waals surface area (Å²) < 4.78 is 13.0. The van der Waals surface area contributed by atoms with Crippen molar-refractivity contribution in [1.82, 2.24) is 5.32 Å². The Morgan fingerprint density at radius 1 is 1.21 bits per heavy atom. The van der Waals surface area contributed by atoms with Gasteiger partial charge in [0.1, 0.15) is 5.82 Å². The van der Waals surface area contributed by atoms with E-state index in [2.05, 4.69) is 29.1 Å². The first-order chi connectivity index (χ1) is 9.29. The zero-order valence-electron chi connectivity index (χ0n) is 11.2. The van der Waals surface area contributed by atoms with Gasteiger partial charge >= 0.3 is 0 Å². The van der Waals surface area contributed by atoms with Crippen molar-refractivity contribution < 1.29 is 4.39 Å². The summed E-state index contributed by atoms with van der Waals surface area (Å²) in [4.78, 5) is 0. The molecular formula is C16H20FNS. The van der Waals surface area contributed by atoms with Crippen LogP contribution >= 0.6 is 11.3 Å². The second-order valence-corrected chi connectivity index (χ2v) is 5.51. The number of hydrogen-bond donors (Lipinski definition) is 1. The standard InChI is InChI=1S/C16H20FNS/c1-2-18-11-15(4-3-13-9-10-19-12-13)14-5-7-16(17)8-6-14/h5-10,12,15,18H,2-4,11H2,1H3. The van der Waals surface area contributed by atoms with Crippen molar-refractivity contribution in [2.24, 2.45) is 0 Å². The summed E-state index contributed by atoms with van der Waals surface area (Å²) in [6.45, 7) is 4.03. The molecule has 1 aromatic heterocycles. The SMILES string of the molecule is CCNCC(CCc1ccsc1)c1ccc(F)cc1. The Balaban J connectivity index is 2.00. The fourth-order valence-electron chi connectivity index (χ4n) is 2.22. The Morgan fingerprint density at radius 2 is 2.00 bits per heavy atom. The van der Waals surface area contributed by atoms with Gasteiger partial charge in [-0.3, -0.25) is 0 Å². The molecule has 0 amide bonds. The summed E-state index contributed by atoms with van der Waals surface area (Å²) in [7, 11) is 0. The van der Waals surface area contributed by atoms with Crippen molar-refractivity contribution in [1.29, 1.82) is 0 Å². The van der Waals surface area contributed by atoms with Gasteiger partial charge in [-0.25, -0.2) is 4.39 Å². The molecule has 0 saturated heterocycles. The summed E-state index contributed by atoms with van der Waals surface area (Å²) in [5.41, 5.74) is 2.62. The monoisotopic (exact) mass is 277 g/mol. The summed E-state index contributed by atoms with van der Waals surface area (Å²) in [6.07, 6.45) is 2.17. The van der Waals surface area contributed by atoms with Crippen LogP contribution in [-0.2, 0) is 6.42 Å². The fourth-order valence-corrected chi connectivity index (χ4v) is 2.92. The van der Waals surface area contributed by atoms with E-state index < -0.39 is 0 Å². The zero-order valence-corrected chi connectivity index (χ0v) is 12.0. The topological polar surface area (TPSA) is 12.0 Å². The molecule has 102 valence electrons. The largest absolute Gasteiger partial charge is 0.316 e. The molecular weight excluding hydrogens is 257 g/mol. The van der Waals surface area contributed by atoms with Gasteiger partial charge in [-0.1, -0.05) is 19.1 Å². The Kier molecular flexibility index (Phi) is 5.55.